The van der Waals surface area contributed by atoms with E-state index in [-0.39, 0.29) is 0 Å². The molecule has 0 saturated carbocycles. The van der Waals surface area contributed by atoms with Gasteiger partial charge in [0.15, 0.2) is 0 Å². The van der Waals surface area contributed by atoms with Gasteiger partial charge in [0.05, 0.1) is 0 Å². The lowest BCUT2D eigenvalue weighted by Crippen LogP contribution is -2.47. The van der Waals surface area contributed by atoms with E-state index < -0.39 is 17.1 Å². The van der Waals surface area contributed by atoms with Gasteiger partial charge in [-0.3, -0.25) is 0 Å². The summed E-state index contributed by atoms with van der Waals surface area (Å²) >= 11 is 0. The van der Waals surface area contributed by atoms with Crippen LogP contribution in [-0.4, -0.2) is 45.6 Å². The standard InChI is InChI=1S/C14H30O4Si2/c1-15-19(5,16-2)12-13-20(17-3,18-4)14-10-8-6-7-9-11-14/h8,10,14H,6-7,9,11-13H2,1-5H3. The van der Waals surface area contributed by atoms with E-state index in [9.17, 15) is 0 Å². The predicted octanol–water partition coefficient (Wildman–Crippen LogP) is 3.59. The molecule has 1 unspecified atom stereocenters. The van der Waals surface area contributed by atoms with E-state index in [2.05, 4.69) is 18.7 Å². The molecule has 0 spiro atoms. The highest BCUT2D eigenvalue weighted by Crippen LogP contribution is 2.37. The molecule has 0 aromatic carbocycles. The fourth-order valence-electron chi connectivity index (χ4n) is 2.81. The zero-order valence-electron chi connectivity index (χ0n) is 13.6. The summed E-state index contributed by atoms with van der Waals surface area (Å²) in [4.78, 5) is 0. The van der Waals surface area contributed by atoms with Crippen molar-refractivity contribution in [2.75, 3.05) is 28.4 Å². The van der Waals surface area contributed by atoms with Crippen LogP contribution in [0.2, 0.25) is 24.2 Å². The van der Waals surface area contributed by atoms with Crippen molar-refractivity contribution in [3.05, 3.63) is 12.2 Å². The maximum atomic E-state index is 5.94. The highest BCUT2D eigenvalue weighted by Gasteiger charge is 2.45. The van der Waals surface area contributed by atoms with E-state index in [1.54, 1.807) is 28.4 Å². The predicted molar refractivity (Wildman–Crippen MR) is 86.4 cm³/mol. The molecule has 0 saturated heterocycles. The molecule has 0 radical (unpaired) electrons. The Hall–Kier alpha value is 0.0138. The van der Waals surface area contributed by atoms with Gasteiger partial charge >= 0.3 is 17.1 Å². The summed E-state index contributed by atoms with van der Waals surface area (Å²) in [7, 11) is 2.78. The van der Waals surface area contributed by atoms with Gasteiger partial charge in [-0.05, 0) is 37.9 Å². The van der Waals surface area contributed by atoms with Gasteiger partial charge in [-0.25, -0.2) is 0 Å². The van der Waals surface area contributed by atoms with Crippen molar-refractivity contribution in [2.24, 2.45) is 0 Å². The van der Waals surface area contributed by atoms with Crippen LogP contribution in [0.5, 0.6) is 0 Å². The molecule has 0 fully saturated rings. The van der Waals surface area contributed by atoms with E-state index >= 15 is 0 Å². The third-order valence-corrected chi connectivity index (χ3v) is 11.9. The van der Waals surface area contributed by atoms with Crippen molar-refractivity contribution in [1.29, 1.82) is 0 Å². The molecule has 1 aliphatic rings. The molecule has 1 aliphatic carbocycles. The first kappa shape index (κ1) is 18.1. The van der Waals surface area contributed by atoms with E-state index in [4.69, 9.17) is 17.7 Å². The Bertz CT molecular complexity index is 302. The number of rotatable bonds is 8. The van der Waals surface area contributed by atoms with Crippen LogP contribution in [0.1, 0.15) is 25.7 Å². The maximum absolute atomic E-state index is 5.94. The molecule has 1 atom stereocenters. The average molecular weight is 319 g/mol. The van der Waals surface area contributed by atoms with E-state index in [1.807, 2.05) is 0 Å². The Labute approximate surface area is 125 Å². The molecule has 0 aromatic rings. The fourth-order valence-corrected chi connectivity index (χ4v) is 9.22. The molecule has 1 rings (SSSR count). The smallest absolute Gasteiger partial charge is 0.344 e. The number of hydrogen-bond acceptors (Lipinski definition) is 4. The SMILES string of the molecule is CO[Si](C)(CC[Si](OC)(OC)C1C=CCCCC1)OC. The van der Waals surface area contributed by atoms with Gasteiger partial charge in [0.2, 0.25) is 0 Å². The first-order valence-corrected chi connectivity index (χ1v) is 12.1. The summed E-state index contributed by atoms with van der Waals surface area (Å²) in [6, 6.07) is 1.84. The summed E-state index contributed by atoms with van der Waals surface area (Å²) in [5, 5.41) is 0. The van der Waals surface area contributed by atoms with Crippen LogP contribution in [0.3, 0.4) is 0 Å². The Morgan fingerprint density at radius 3 is 2.15 bits per heavy atom. The molecule has 0 aliphatic heterocycles. The summed E-state index contributed by atoms with van der Waals surface area (Å²) in [5.74, 6) is 0. The van der Waals surface area contributed by atoms with Crippen LogP contribution in [0, 0.1) is 0 Å². The highest BCUT2D eigenvalue weighted by atomic mass is 28.4. The van der Waals surface area contributed by atoms with Crippen molar-refractivity contribution in [3.8, 4) is 0 Å². The first-order chi connectivity index (χ1) is 9.55. The third-order valence-electron chi connectivity index (χ3n) is 4.55. The first-order valence-electron chi connectivity index (χ1n) is 7.43. The average Bonchev–Trinajstić information content (AvgIpc) is 2.78. The van der Waals surface area contributed by atoms with E-state index in [0.29, 0.717) is 5.54 Å². The molecule has 4 nitrogen and oxygen atoms in total. The van der Waals surface area contributed by atoms with Gasteiger partial charge in [0.25, 0.3) is 0 Å². The largest absolute Gasteiger partial charge is 0.398 e. The zero-order valence-corrected chi connectivity index (χ0v) is 15.6. The van der Waals surface area contributed by atoms with Crippen LogP contribution < -0.4 is 0 Å². The van der Waals surface area contributed by atoms with Gasteiger partial charge in [0, 0.05) is 34.0 Å². The Balaban J connectivity index is 2.80. The van der Waals surface area contributed by atoms with Crippen molar-refractivity contribution in [1.82, 2.24) is 0 Å². The Morgan fingerprint density at radius 2 is 1.60 bits per heavy atom. The molecular weight excluding hydrogens is 288 g/mol. The minimum absolute atomic E-state index is 0.437. The third kappa shape index (κ3) is 4.51. The van der Waals surface area contributed by atoms with Crippen molar-refractivity contribution in [3.63, 3.8) is 0 Å². The van der Waals surface area contributed by atoms with Crippen LogP contribution in [0.15, 0.2) is 12.2 Å². The normalized spacial score (nSPS) is 20.9. The Kier molecular flexibility index (Phi) is 7.64. The second kappa shape index (κ2) is 8.45. The molecular formula is C14H30O4Si2. The van der Waals surface area contributed by atoms with Gasteiger partial charge in [0.1, 0.15) is 0 Å². The molecule has 0 amide bonds. The minimum Gasteiger partial charge on any atom is -0.398 e. The summed E-state index contributed by atoms with van der Waals surface area (Å²) in [6.07, 6.45) is 9.49. The second-order valence-electron chi connectivity index (χ2n) is 5.58. The van der Waals surface area contributed by atoms with Crippen molar-refractivity contribution >= 4 is 17.1 Å². The zero-order chi connectivity index (χ0) is 15.1. The van der Waals surface area contributed by atoms with Crippen molar-refractivity contribution in [2.45, 2.75) is 49.9 Å². The maximum Gasteiger partial charge on any atom is 0.344 e. The van der Waals surface area contributed by atoms with Crippen LogP contribution in [0.25, 0.3) is 0 Å². The molecule has 118 valence electrons. The van der Waals surface area contributed by atoms with Crippen LogP contribution in [0.4, 0.5) is 0 Å². The molecule has 20 heavy (non-hydrogen) atoms. The molecule has 0 heterocycles. The molecule has 0 aromatic heterocycles. The number of allylic oxidation sites excluding steroid dienone is 2. The molecule has 6 heteroatoms. The second-order valence-corrected chi connectivity index (χ2v) is 12.8. The summed E-state index contributed by atoms with van der Waals surface area (Å²) < 4.78 is 23.1. The number of hydrogen-bond donors (Lipinski definition) is 0. The van der Waals surface area contributed by atoms with Crippen LogP contribution in [-0.2, 0) is 17.7 Å². The fraction of sp³-hybridized carbons (Fsp3) is 0.857. The molecule has 0 bridgehead atoms. The van der Waals surface area contributed by atoms with Gasteiger partial charge < -0.3 is 17.7 Å². The minimum atomic E-state index is -2.23. The van der Waals surface area contributed by atoms with Gasteiger partial charge in [-0.2, -0.15) is 0 Å². The van der Waals surface area contributed by atoms with Crippen molar-refractivity contribution < 1.29 is 17.7 Å². The van der Waals surface area contributed by atoms with E-state index in [0.717, 1.165) is 12.1 Å². The quantitative estimate of drug-likeness (QED) is 0.506. The highest BCUT2D eigenvalue weighted by molar-refractivity contribution is 6.73. The summed E-state index contributed by atoms with van der Waals surface area (Å²) in [5.41, 5.74) is 0.437. The lowest BCUT2D eigenvalue weighted by Gasteiger charge is -2.35. The van der Waals surface area contributed by atoms with Gasteiger partial charge in [-0.1, -0.05) is 18.6 Å². The lowest BCUT2D eigenvalue weighted by molar-refractivity contribution is 0.225. The monoisotopic (exact) mass is 318 g/mol. The van der Waals surface area contributed by atoms with Gasteiger partial charge in [-0.15, -0.1) is 0 Å². The summed E-state index contributed by atoms with van der Waals surface area (Å²) in [6.45, 7) is 2.10. The topological polar surface area (TPSA) is 36.9 Å². The van der Waals surface area contributed by atoms with Crippen LogP contribution >= 0.6 is 0 Å². The molecule has 0 N–H and O–H groups in total. The van der Waals surface area contributed by atoms with E-state index in [1.165, 1.54) is 25.7 Å². The lowest BCUT2D eigenvalue weighted by atomic mass is 10.2. The Morgan fingerprint density at radius 1 is 0.950 bits per heavy atom.